The van der Waals surface area contributed by atoms with Crippen molar-refractivity contribution in [3.05, 3.63) is 48.8 Å². The number of amides is 1. The molecule has 23 heavy (non-hydrogen) atoms. The molecule has 0 unspecified atom stereocenters. The molecule has 3 rings (SSSR count). The summed E-state index contributed by atoms with van der Waals surface area (Å²) < 4.78 is 1.78. The fraction of sp³-hybridized carbons (Fsp3) is 0.444. The molecular formula is C18H24N4O. The highest BCUT2D eigenvalue weighted by molar-refractivity contribution is 5.80. The molecular weight excluding hydrogens is 288 g/mol. The Morgan fingerprint density at radius 3 is 2.65 bits per heavy atom. The van der Waals surface area contributed by atoms with Gasteiger partial charge in [0.25, 0.3) is 0 Å². The van der Waals surface area contributed by atoms with Gasteiger partial charge in [-0.2, -0.15) is 5.10 Å². The van der Waals surface area contributed by atoms with Crippen LogP contribution in [0.4, 0.5) is 5.69 Å². The quantitative estimate of drug-likeness (QED) is 0.871. The zero-order valence-electron chi connectivity index (χ0n) is 13.6. The molecule has 1 fully saturated rings. The summed E-state index contributed by atoms with van der Waals surface area (Å²) >= 11 is 0. The van der Waals surface area contributed by atoms with Gasteiger partial charge in [0.05, 0.1) is 0 Å². The van der Waals surface area contributed by atoms with Gasteiger partial charge < -0.3 is 9.80 Å². The Labute approximate surface area is 137 Å². The van der Waals surface area contributed by atoms with Crippen LogP contribution in [-0.4, -0.2) is 46.8 Å². The number of rotatable bonds is 4. The third kappa shape index (κ3) is 3.55. The molecule has 5 nitrogen and oxygen atoms in total. The summed E-state index contributed by atoms with van der Waals surface area (Å²) in [4.78, 5) is 17.2. The van der Waals surface area contributed by atoms with Crippen molar-refractivity contribution in [3.63, 3.8) is 0 Å². The van der Waals surface area contributed by atoms with Crippen molar-refractivity contribution >= 4 is 11.6 Å². The monoisotopic (exact) mass is 312 g/mol. The summed E-state index contributed by atoms with van der Waals surface area (Å²) in [5.74, 6) is 0.186. The van der Waals surface area contributed by atoms with E-state index in [0.717, 1.165) is 39.0 Å². The molecule has 1 aromatic heterocycles. The Hall–Kier alpha value is -2.30. The topological polar surface area (TPSA) is 41.4 Å². The lowest BCUT2D eigenvalue weighted by molar-refractivity contribution is -0.135. The number of benzene rings is 1. The zero-order chi connectivity index (χ0) is 16.1. The smallest absolute Gasteiger partial charge is 0.247 e. The van der Waals surface area contributed by atoms with Crippen molar-refractivity contribution in [2.45, 2.75) is 25.8 Å². The fourth-order valence-electron chi connectivity index (χ4n) is 3.19. The number of hydrogen-bond acceptors (Lipinski definition) is 3. The maximum Gasteiger partial charge on any atom is 0.247 e. The van der Waals surface area contributed by atoms with Crippen molar-refractivity contribution in [1.82, 2.24) is 14.7 Å². The van der Waals surface area contributed by atoms with Crippen LogP contribution in [0.2, 0.25) is 0 Å². The maximum atomic E-state index is 12.9. The zero-order valence-corrected chi connectivity index (χ0v) is 13.6. The van der Waals surface area contributed by atoms with Crippen LogP contribution in [0.3, 0.4) is 0 Å². The van der Waals surface area contributed by atoms with E-state index < -0.39 is 0 Å². The van der Waals surface area contributed by atoms with Crippen LogP contribution < -0.4 is 4.90 Å². The second-order valence-electron chi connectivity index (χ2n) is 5.91. The fourth-order valence-corrected chi connectivity index (χ4v) is 3.19. The molecule has 0 N–H and O–H groups in total. The summed E-state index contributed by atoms with van der Waals surface area (Å²) in [6, 6.07) is 12.1. The van der Waals surface area contributed by atoms with E-state index in [0.29, 0.717) is 0 Å². The Morgan fingerprint density at radius 1 is 1.13 bits per heavy atom. The molecule has 0 saturated carbocycles. The largest absolute Gasteiger partial charge is 0.370 e. The van der Waals surface area contributed by atoms with Gasteiger partial charge in [-0.1, -0.05) is 25.1 Å². The molecule has 0 spiro atoms. The van der Waals surface area contributed by atoms with Gasteiger partial charge in [-0.15, -0.1) is 0 Å². The van der Waals surface area contributed by atoms with Crippen LogP contribution in [0, 0.1) is 0 Å². The molecule has 122 valence electrons. The molecule has 1 atom stereocenters. The van der Waals surface area contributed by atoms with E-state index in [1.165, 1.54) is 5.69 Å². The Bertz CT molecular complexity index is 611. The summed E-state index contributed by atoms with van der Waals surface area (Å²) in [5.41, 5.74) is 1.24. The van der Waals surface area contributed by atoms with Crippen LogP contribution in [0.5, 0.6) is 0 Å². The lowest BCUT2D eigenvalue weighted by Gasteiger charge is -2.26. The van der Waals surface area contributed by atoms with Crippen LogP contribution >= 0.6 is 0 Å². The van der Waals surface area contributed by atoms with Crippen molar-refractivity contribution in [3.8, 4) is 0 Å². The lowest BCUT2D eigenvalue weighted by atomic mass is 10.2. The first-order valence-electron chi connectivity index (χ1n) is 8.37. The van der Waals surface area contributed by atoms with E-state index in [-0.39, 0.29) is 11.9 Å². The highest BCUT2D eigenvalue weighted by Gasteiger charge is 2.26. The van der Waals surface area contributed by atoms with E-state index >= 15 is 0 Å². The van der Waals surface area contributed by atoms with Crippen molar-refractivity contribution in [1.29, 1.82) is 0 Å². The van der Waals surface area contributed by atoms with Gasteiger partial charge in [0.2, 0.25) is 5.91 Å². The minimum absolute atomic E-state index is 0.186. The van der Waals surface area contributed by atoms with E-state index in [2.05, 4.69) is 34.3 Å². The molecule has 5 heteroatoms. The number of para-hydroxylation sites is 1. The van der Waals surface area contributed by atoms with E-state index in [1.807, 2.05) is 30.2 Å². The lowest BCUT2D eigenvalue weighted by Crippen LogP contribution is -2.39. The molecule has 1 aliphatic heterocycles. The van der Waals surface area contributed by atoms with Crippen LogP contribution in [0.1, 0.15) is 25.8 Å². The number of hydrogen-bond donors (Lipinski definition) is 0. The molecule has 0 bridgehead atoms. The summed E-state index contributed by atoms with van der Waals surface area (Å²) in [5, 5.41) is 4.25. The first-order valence-corrected chi connectivity index (χ1v) is 8.37. The van der Waals surface area contributed by atoms with Crippen molar-refractivity contribution in [2.75, 3.05) is 31.1 Å². The maximum absolute atomic E-state index is 12.9. The Kier molecular flexibility index (Phi) is 4.95. The molecule has 1 aliphatic rings. The first kappa shape index (κ1) is 15.6. The van der Waals surface area contributed by atoms with Gasteiger partial charge in [0.1, 0.15) is 6.04 Å². The predicted octanol–water partition coefficient (Wildman–Crippen LogP) is 2.57. The van der Waals surface area contributed by atoms with Crippen molar-refractivity contribution < 1.29 is 4.79 Å². The average Bonchev–Trinajstić information content (AvgIpc) is 3.00. The van der Waals surface area contributed by atoms with E-state index in [4.69, 9.17) is 0 Å². The standard InChI is InChI=1S/C18H24N4O/c1-2-17(22-13-6-10-19-22)18(23)21-12-7-11-20(14-15-21)16-8-4-3-5-9-16/h3-6,8-10,13,17H,2,7,11-12,14-15H2,1H3/t17-/m0/s1. The van der Waals surface area contributed by atoms with Gasteiger partial charge in [0.15, 0.2) is 0 Å². The predicted molar refractivity (Wildman–Crippen MR) is 91.4 cm³/mol. The van der Waals surface area contributed by atoms with E-state index in [1.54, 1.807) is 10.9 Å². The number of anilines is 1. The molecule has 0 radical (unpaired) electrons. The molecule has 1 aromatic carbocycles. The number of aromatic nitrogens is 2. The number of nitrogens with zero attached hydrogens (tertiary/aromatic N) is 4. The van der Waals surface area contributed by atoms with Crippen molar-refractivity contribution in [2.24, 2.45) is 0 Å². The highest BCUT2D eigenvalue weighted by atomic mass is 16.2. The average molecular weight is 312 g/mol. The Morgan fingerprint density at radius 2 is 1.96 bits per heavy atom. The third-order valence-electron chi connectivity index (χ3n) is 4.44. The minimum atomic E-state index is -0.187. The SMILES string of the molecule is CC[C@@H](C(=O)N1CCCN(c2ccccc2)CC1)n1cccn1. The second kappa shape index (κ2) is 7.31. The summed E-state index contributed by atoms with van der Waals surface area (Å²) in [6.07, 6.45) is 5.37. The van der Waals surface area contributed by atoms with E-state index in [9.17, 15) is 4.79 Å². The third-order valence-corrected chi connectivity index (χ3v) is 4.44. The molecule has 1 saturated heterocycles. The van der Waals surface area contributed by atoms with Crippen LogP contribution in [-0.2, 0) is 4.79 Å². The molecule has 0 aliphatic carbocycles. The minimum Gasteiger partial charge on any atom is -0.370 e. The summed E-state index contributed by atoms with van der Waals surface area (Å²) in [6.45, 7) is 5.50. The van der Waals surface area contributed by atoms with Gasteiger partial charge in [-0.25, -0.2) is 0 Å². The van der Waals surface area contributed by atoms with Crippen LogP contribution in [0.25, 0.3) is 0 Å². The van der Waals surface area contributed by atoms with Gasteiger partial charge >= 0.3 is 0 Å². The molecule has 2 aromatic rings. The number of carbonyl (C=O) groups excluding carboxylic acids is 1. The highest BCUT2D eigenvalue weighted by Crippen LogP contribution is 2.19. The number of carbonyl (C=O) groups is 1. The van der Waals surface area contributed by atoms with Gasteiger partial charge in [-0.05, 0) is 31.0 Å². The van der Waals surface area contributed by atoms with Gasteiger partial charge in [-0.3, -0.25) is 9.48 Å². The first-order chi connectivity index (χ1) is 11.3. The Balaban J connectivity index is 1.66. The molecule has 1 amide bonds. The second-order valence-corrected chi connectivity index (χ2v) is 5.91. The summed E-state index contributed by atoms with van der Waals surface area (Å²) in [7, 11) is 0. The molecule has 2 heterocycles. The van der Waals surface area contributed by atoms with Gasteiger partial charge in [0, 0.05) is 44.3 Å². The van der Waals surface area contributed by atoms with Crippen LogP contribution in [0.15, 0.2) is 48.8 Å². The normalized spacial score (nSPS) is 16.9.